The Labute approximate surface area is 163 Å². The SMILES string of the molecule is O=C(c1cc2ccccc2[nH]1)N1CCn2nc(NCC3CCOCC3)cc2C1. The zero-order valence-electron chi connectivity index (χ0n) is 15.9. The summed E-state index contributed by atoms with van der Waals surface area (Å²) in [7, 11) is 0. The van der Waals surface area contributed by atoms with Crippen LogP contribution >= 0.6 is 0 Å². The van der Waals surface area contributed by atoms with E-state index in [1.807, 2.05) is 39.9 Å². The molecule has 0 unspecified atom stereocenters. The van der Waals surface area contributed by atoms with Gasteiger partial charge in [-0.2, -0.15) is 5.10 Å². The van der Waals surface area contributed by atoms with Crippen molar-refractivity contribution < 1.29 is 9.53 Å². The molecule has 0 aliphatic carbocycles. The van der Waals surface area contributed by atoms with Gasteiger partial charge >= 0.3 is 0 Å². The molecule has 0 spiro atoms. The van der Waals surface area contributed by atoms with Crippen LogP contribution in [-0.4, -0.2) is 51.9 Å². The number of anilines is 1. The van der Waals surface area contributed by atoms with Crippen LogP contribution in [0.4, 0.5) is 5.82 Å². The molecule has 2 aromatic heterocycles. The molecule has 7 nitrogen and oxygen atoms in total. The van der Waals surface area contributed by atoms with Gasteiger partial charge in [0.05, 0.1) is 18.8 Å². The molecular weight excluding hydrogens is 354 g/mol. The Bertz CT molecular complexity index is 953. The number of ether oxygens (including phenoxy) is 1. The van der Waals surface area contributed by atoms with Crippen molar-refractivity contribution in [2.24, 2.45) is 5.92 Å². The second kappa shape index (κ2) is 7.31. The number of amides is 1. The third-order valence-corrected chi connectivity index (χ3v) is 5.76. The van der Waals surface area contributed by atoms with E-state index in [1.165, 1.54) is 0 Å². The molecule has 28 heavy (non-hydrogen) atoms. The average molecular weight is 379 g/mol. The summed E-state index contributed by atoms with van der Waals surface area (Å²) in [5.41, 5.74) is 2.71. The number of aromatic nitrogens is 3. The molecular formula is C21H25N5O2. The molecule has 0 saturated carbocycles. The molecule has 2 N–H and O–H groups in total. The van der Waals surface area contributed by atoms with Gasteiger partial charge in [0.15, 0.2) is 0 Å². The number of carbonyl (C=O) groups excluding carboxylic acids is 1. The van der Waals surface area contributed by atoms with Crippen molar-refractivity contribution in [2.75, 3.05) is 31.6 Å². The van der Waals surface area contributed by atoms with Crippen molar-refractivity contribution in [3.63, 3.8) is 0 Å². The monoisotopic (exact) mass is 379 g/mol. The highest BCUT2D eigenvalue weighted by atomic mass is 16.5. The summed E-state index contributed by atoms with van der Waals surface area (Å²) in [6.45, 7) is 4.62. The predicted octanol–water partition coefficient (Wildman–Crippen LogP) is 2.86. The van der Waals surface area contributed by atoms with Crippen LogP contribution in [-0.2, 0) is 17.8 Å². The number of para-hydroxylation sites is 1. The highest BCUT2D eigenvalue weighted by Gasteiger charge is 2.24. The molecule has 5 rings (SSSR count). The summed E-state index contributed by atoms with van der Waals surface area (Å²) in [4.78, 5) is 18.1. The van der Waals surface area contributed by atoms with Crippen LogP contribution in [0.3, 0.4) is 0 Å². The molecule has 1 saturated heterocycles. The lowest BCUT2D eigenvalue weighted by Gasteiger charge is -2.27. The van der Waals surface area contributed by atoms with E-state index >= 15 is 0 Å². The van der Waals surface area contributed by atoms with Gasteiger partial charge in [-0.25, -0.2) is 0 Å². The Kier molecular flexibility index (Phi) is 4.52. The molecule has 0 bridgehead atoms. The summed E-state index contributed by atoms with van der Waals surface area (Å²) in [5.74, 6) is 1.59. The predicted molar refractivity (Wildman–Crippen MR) is 107 cm³/mol. The molecule has 0 radical (unpaired) electrons. The maximum Gasteiger partial charge on any atom is 0.270 e. The Hall–Kier alpha value is -2.80. The first-order valence-corrected chi connectivity index (χ1v) is 10.0. The van der Waals surface area contributed by atoms with Crippen molar-refractivity contribution in [1.82, 2.24) is 19.7 Å². The standard InChI is InChI=1S/C21H25N5O2/c27-21(19-11-16-3-1-2-4-18(16)23-19)25-7-8-26-17(14-25)12-20(24-26)22-13-15-5-9-28-10-6-15/h1-4,11-12,15,23H,5-10,13-14H2,(H,22,24). The number of rotatable bonds is 4. The average Bonchev–Trinajstić information content (AvgIpc) is 3.35. The van der Waals surface area contributed by atoms with Crippen LogP contribution in [0.1, 0.15) is 29.0 Å². The van der Waals surface area contributed by atoms with Crippen LogP contribution in [0.5, 0.6) is 0 Å². The second-order valence-corrected chi connectivity index (χ2v) is 7.68. The Morgan fingerprint density at radius 3 is 2.93 bits per heavy atom. The highest BCUT2D eigenvalue weighted by molar-refractivity contribution is 5.98. The van der Waals surface area contributed by atoms with Crippen LogP contribution in [0.2, 0.25) is 0 Å². The quantitative estimate of drug-likeness (QED) is 0.731. The molecule has 1 amide bonds. The number of nitrogens with zero attached hydrogens (tertiary/aromatic N) is 3. The van der Waals surface area contributed by atoms with Gasteiger partial charge in [0.25, 0.3) is 5.91 Å². The molecule has 1 fully saturated rings. The van der Waals surface area contributed by atoms with E-state index in [0.717, 1.165) is 61.6 Å². The van der Waals surface area contributed by atoms with Crippen LogP contribution in [0.15, 0.2) is 36.4 Å². The van der Waals surface area contributed by atoms with Crippen molar-refractivity contribution >= 4 is 22.6 Å². The number of benzene rings is 1. The molecule has 2 aliphatic heterocycles. The van der Waals surface area contributed by atoms with Crippen LogP contribution in [0, 0.1) is 5.92 Å². The molecule has 2 aliphatic rings. The lowest BCUT2D eigenvalue weighted by molar-refractivity contribution is 0.0696. The van der Waals surface area contributed by atoms with Crippen LogP contribution < -0.4 is 5.32 Å². The Morgan fingerprint density at radius 1 is 1.21 bits per heavy atom. The lowest BCUT2D eigenvalue weighted by Crippen LogP contribution is -2.38. The zero-order valence-corrected chi connectivity index (χ0v) is 15.9. The third-order valence-electron chi connectivity index (χ3n) is 5.76. The van der Waals surface area contributed by atoms with Crippen molar-refractivity contribution in [2.45, 2.75) is 25.9 Å². The molecule has 146 valence electrons. The second-order valence-electron chi connectivity index (χ2n) is 7.68. The van der Waals surface area contributed by atoms with Gasteiger partial charge < -0.3 is 19.9 Å². The van der Waals surface area contributed by atoms with Gasteiger partial charge in [-0.15, -0.1) is 0 Å². The van der Waals surface area contributed by atoms with E-state index in [4.69, 9.17) is 4.74 Å². The third kappa shape index (κ3) is 3.38. The minimum atomic E-state index is 0.0420. The lowest BCUT2D eigenvalue weighted by atomic mass is 10.0. The van der Waals surface area contributed by atoms with E-state index < -0.39 is 0 Å². The summed E-state index contributed by atoms with van der Waals surface area (Å²) in [6.07, 6.45) is 2.21. The number of fused-ring (bicyclic) bond motifs is 2. The number of carbonyl (C=O) groups is 1. The molecule has 0 atom stereocenters. The van der Waals surface area contributed by atoms with E-state index in [-0.39, 0.29) is 5.91 Å². The van der Waals surface area contributed by atoms with Crippen molar-refractivity contribution in [1.29, 1.82) is 0 Å². The first kappa shape index (κ1) is 17.3. The van der Waals surface area contributed by atoms with Gasteiger partial charge in [0.1, 0.15) is 11.5 Å². The van der Waals surface area contributed by atoms with Gasteiger partial charge in [-0.1, -0.05) is 18.2 Å². The number of hydrogen-bond donors (Lipinski definition) is 2. The normalized spacial score (nSPS) is 17.6. The number of hydrogen-bond acceptors (Lipinski definition) is 4. The largest absolute Gasteiger partial charge is 0.381 e. The highest BCUT2D eigenvalue weighted by Crippen LogP contribution is 2.22. The van der Waals surface area contributed by atoms with Crippen molar-refractivity contribution in [3.8, 4) is 0 Å². The van der Waals surface area contributed by atoms with Crippen LogP contribution in [0.25, 0.3) is 10.9 Å². The molecule has 3 aromatic rings. The van der Waals surface area contributed by atoms with E-state index in [1.54, 1.807) is 0 Å². The van der Waals surface area contributed by atoms with Gasteiger partial charge in [-0.3, -0.25) is 9.48 Å². The number of aromatic amines is 1. The van der Waals surface area contributed by atoms with E-state index in [2.05, 4.69) is 21.5 Å². The first-order valence-electron chi connectivity index (χ1n) is 10.0. The van der Waals surface area contributed by atoms with Gasteiger partial charge in [0.2, 0.25) is 0 Å². The first-order chi connectivity index (χ1) is 13.8. The Morgan fingerprint density at radius 2 is 2.07 bits per heavy atom. The summed E-state index contributed by atoms with van der Waals surface area (Å²) >= 11 is 0. The minimum Gasteiger partial charge on any atom is -0.381 e. The van der Waals surface area contributed by atoms with Crippen molar-refractivity contribution in [3.05, 3.63) is 47.8 Å². The zero-order chi connectivity index (χ0) is 18.9. The summed E-state index contributed by atoms with van der Waals surface area (Å²) < 4.78 is 7.44. The van der Waals surface area contributed by atoms with E-state index in [0.29, 0.717) is 24.7 Å². The van der Waals surface area contributed by atoms with E-state index in [9.17, 15) is 4.79 Å². The minimum absolute atomic E-state index is 0.0420. The summed E-state index contributed by atoms with van der Waals surface area (Å²) in [6, 6.07) is 12.0. The fraction of sp³-hybridized carbons (Fsp3) is 0.429. The number of H-pyrrole nitrogens is 1. The Balaban J connectivity index is 1.25. The molecule has 7 heteroatoms. The fourth-order valence-corrected chi connectivity index (χ4v) is 4.08. The smallest absolute Gasteiger partial charge is 0.270 e. The van der Waals surface area contributed by atoms with Gasteiger partial charge in [-0.05, 0) is 30.9 Å². The number of nitrogens with one attached hydrogen (secondary N) is 2. The summed E-state index contributed by atoms with van der Waals surface area (Å²) in [5, 5.41) is 9.20. The fourth-order valence-electron chi connectivity index (χ4n) is 4.08. The molecule has 1 aromatic carbocycles. The maximum absolute atomic E-state index is 13.0. The van der Waals surface area contributed by atoms with Gasteiger partial charge in [0, 0.05) is 43.3 Å². The maximum atomic E-state index is 13.0. The molecule has 4 heterocycles. The topological polar surface area (TPSA) is 75.2 Å².